The molecule has 0 aliphatic carbocycles. The molecule has 0 saturated heterocycles. The highest BCUT2D eigenvalue weighted by Gasteiger charge is 2.22. The maximum Gasteiger partial charge on any atom is 0.241 e. The Morgan fingerprint density at radius 2 is 1.89 bits per heavy atom. The highest BCUT2D eigenvalue weighted by molar-refractivity contribution is 7.98. The summed E-state index contributed by atoms with van der Waals surface area (Å²) < 4.78 is 25.6. The fraction of sp³-hybridized carbons (Fsp3) is 0.350. The van der Waals surface area contributed by atoms with Crippen LogP contribution in [0.1, 0.15) is 29.7 Å². The van der Waals surface area contributed by atoms with Gasteiger partial charge in [-0.2, -0.15) is 0 Å². The van der Waals surface area contributed by atoms with Gasteiger partial charge in [0, 0.05) is 4.90 Å². The molecular formula is C20H26N2O3S2. The van der Waals surface area contributed by atoms with Crippen molar-refractivity contribution in [2.24, 2.45) is 0 Å². The summed E-state index contributed by atoms with van der Waals surface area (Å²) in [7, 11) is -3.59. The van der Waals surface area contributed by atoms with Crippen LogP contribution in [0.4, 0.5) is 5.69 Å². The fourth-order valence-electron chi connectivity index (χ4n) is 2.97. The van der Waals surface area contributed by atoms with Crippen molar-refractivity contribution in [2.75, 3.05) is 23.4 Å². The maximum absolute atomic E-state index is 12.6. The third-order valence-electron chi connectivity index (χ3n) is 4.30. The summed E-state index contributed by atoms with van der Waals surface area (Å²) in [5.74, 6) is -0.345. The predicted molar refractivity (Wildman–Crippen MR) is 113 cm³/mol. The molecule has 146 valence electrons. The summed E-state index contributed by atoms with van der Waals surface area (Å²) >= 11 is 1.52. The van der Waals surface area contributed by atoms with E-state index in [1.807, 2.05) is 45.2 Å². The van der Waals surface area contributed by atoms with Gasteiger partial charge in [0.25, 0.3) is 0 Å². The average molecular weight is 407 g/mol. The highest BCUT2D eigenvalue weighted by atomic mass is 32.2. The molecule has 27 heavy (non-hydrogen) atoms. The summed E-state index contributed by atoms with van der Waals surface area (Å²) in [5, 5.41) is 2.91. The van der Waals surface area contributed by atoms with Crippen molar-refractivity contribution in [2.45, 2.75) is 31.7 Å². The largest absolute Gasteiger partial charge is 0.348 e. The van der Waals surface area contributed by atoms with Gasteiger partial charge < -0.3 is 5.32 Å². The van der Waals surface area contributed by atoms with E-state index < -0.39 is 10.0 Å². The minimum atomic E-state index is -3.59. The van der Waals surface area contributed by atoms with E-state index in [1.165, 1.54) is 11.8 Å². The van der Waals surface area contributed by atoms with E-state index in [2.05, 4.69) is 11.4 Å². The van der Waals surface area contributed by atoms with Gasteiger partial charge in [-0.3, -0.25) is 9.10 Å². The SMILES string of the molecule is CSc1cccc(N(CC(=O)N[C@H](C)c2ccc(C)cc2C)S(C)(=O)=O)c1. The molecule has 2 rings (SSSR count). The fourth-order valence-corrected chi connectivity index (χ4v) is 4.27. The number of thioether (sulfide) groups is 1. The van der Waals surface area contributed by atoms with Crippen molar-refractivity contribution in [1.82, 2.24) is 5.32 Å². The van der Waals surface area contributed by atoms with Crippen LogP contribution in [0.2, 0.25) is 0 Å². The van der Waals surface area contributed by atoms with E-state index >= 15 is 0 Å². The van der Waals surface area contributed by atoms with Gasteiger partial charge in [-0.25, -0.2) is 8.42 Å². The molecular weight excluding hydrogens is 380 g/mol. The van der Waals surface area contributed by atoms with E-state index in [0.29, 0.717) is 5.69 Å². The summed E-state index contributed by atoms with van der Waals surface area (Å²) in [6, 6.07) is 13.0. The van der Waals surface area contributed by atoms with Gasteiger partial charge in [0.05, 0.1) is 18.0 Å². The number of nitrogens with one attached hydrogen (secondary N) is 1. The minimum absolute atomic E-state index is 0.211. The number of hydrogen-bond acceptors (Lipinski definition) is 4. The predicted octanol–water partition coefficient (Wildman–Crippen LogP) is 3.67. The number of amides is 1. The number of anilines is 1. The third-order valence-corrected chi connectivity index (χ3v) is 6.16. The average Bonchev–Trinajstić information content (AvgIpc) is 2.58. The van der Waals surface area contributed by atoms with Gasteiger partial charge >= 0.3 is 0 Å². The first-order valence-electron chi connectivity index (χ1n) is 8.60. The molecule has 0 aliphatic heterocycles. The van der Waals surface area contributed by atoms with Gasteiger partial charge in [0.2, 0.25) is 15.9 Å². The molecule has 1 amide bonds. The first-order chi connectivity index (χ1) is 12.6. The van der Waals surface area contributed by atoms with E-state index in [-0.39, 0.29) is 18.5 Å². The maximum atomic E-state index is 12.6. The van der Waals surface area contributed by atoms with Crippen LogP contribution in [0.3, 0.4) is 0 Å². The molecule has 0 aliphatic rings. The second kappa shape index (κ2) is 8.80. The minimum Gasteiger partial charge on any atom is -0.348 e. The zero-order valence-electron chi connectivity index (χ0n) is 16.3. The molecule has 5 nitrogen and oxygen atoms in total. The topological polar surface area (TPSA) is 66.5 Å². The summed E-state index contributed by atoms with van der Waals surface area (Å²) in [4.78, 5) is 13.5. The second-order valence-electron chi connectivity index (χ2n) is 6.62. The Kier molecular flexibility index (Phi) is 6.95. The number of benzene rings is 2. The lowest BCUT2D eigenvalue weighted by atomic mass is 10.0. The van der Waals surface area contributed by atoms with Crippen LogP contribution < -0.4 is 9.62 Å². The van der Waals surface area contributed by atoms with Crippen molar-refractivity contribution >= 4 is 33.4 Å². The van der Waals surface area contributed by atoms with Gasteiger partial charge in [-0.15, -0.1) is 11.8 Å². The summed E-state index contributed by atoms with van der Waals surface area (Å²) in [5.41, 5.74) is 3.75. The lowest BCUT2D eigenvalue weighted by Crippen LogP contribution is -2.41. The molecule has 0 heterocycles. The molecule has 2 aromatic rings. The van der Waals surface area contributed by atoms with Crippen LogP contribution in [0.15, 0.2) is 47.4 Å². The van der Waals surface area contributed by atoms with Crippen molar-refractivity contribution in [1.29, 1.82) is 0 Å². The number of carbonyl (C=O) groups is 1. The summed E-state index contributed by atoms with van der Waals surface area (Å²) in [6.45, 7) is 5.66. The highest BCUT2D eigenvalue weighted by Crippen LogP contribution is 2.24. The van der Waals surface area contributed by atoms with Crippen LogP contribution in [0.5, 0.6) is 0 Å². The zero-order chi connectivity index (χ0) is 20.2. The van der Waals surface area contributed by atoms with E-state index in [4.69, 9.17) is 0 Å². The molecule has 0 fully saturated rings. The van der Waals surface area contributed by atoms with Crippen molar-refractivity contribution in [3.05, 3.63) is 59.2 Å². The van der Waals surface area contributed by atoms with E-state index in [0.717, 1.165) is 32.1 Å². The Balaban J connectivity index is 2.18. The van der Waals surface area contributed by atoms with Crippen LogP contribution in [0.25, 0.3) is 0 Å². The molecule has 0 radical (unpaired) electrons. The van der Waals surface area contributed by atoms with Crippen molar-refractivity contribution < 1.29 is 13.2 Å². The Hall–Kier alpha value is -1.99. The van der Waals surface area contributed by atoms with E-state index in [9.17, 15) is 13.2 Å². The third kappa shape index (κ3) is 5.74. The van der Waals surface area contributed by atoms with Gasteiger partial charge in [0.1, 0.15) is 6.54 Å². The number of nitrogens with zero attached hydrogens (tertiary/aromatic N) is 1. The molecule has 1 atom stereocenters. The van der Waals surface area contributed by atoms with Crippen molar-refractivity contribution in [3.8, 4) is 0 Å². The molecule has 0 aromatic heterocycles. The van der Waals surface area contributed by atoms with E-state index in [1.54, 1.807) is 18.2 Å². The van der Waals surface area contributed by atoms with Gasteiger partial charge in [-0.1, -0.05) is 29.8 Å². The van der Waals surface area contributed by atoms with Crippen LogP contribution >= 0.6 is 11.8 Å². The quantitative estimate of drug-likeness (QED) is 0.713. The van der Waals surface area contributed by atoms with Crippen LogP contribution in [-0.4, -0.2) is 33.4 Å². The Morgan fingerprint density at radius 3 is 2.48 bits per heavy atom. The normalized spacial score (nSPS) is 12.5. The Morgan fingerprint density at radius 1 is 1.19 bits per heavy atom. The number of hydrogen-bond donors (Lipinski definition) is 1. The Labute approximate surface area is 166 Å². The molecule has 7 heteroatoms. The smallest absolute Gasteiger partial charge is 0.241 e. The molecule has 0 spiro atoms. The first-order valence-corrected chi connectivity index (χ1v) is 11.7. The number of carbonyl (C=O) groups excluding carboxylic acids is 1. The molecule has 0 bridgehead atoms. The standard InChI is InChI=1S/C20H26N2O3S2/c1-14-9-10-19(15(2)11-14)16(3)21-20(23)13-22(27(5,24)25)17-7-6-8-18(12-17)26-4/h6-12,16H,13H2,1-5H3,(H,21,23)/t16-/m1/s1. The van der Waals surface area contributed by atoms with Crippen molar-refractivity contribution in [3.63, 3.8) is 0 Å². The van der Waals surface area contributed by atoms with Gasteiger partial charge in [0.15, 0.2) is 0 Å². The second-order valence-corrected chi connectivity index (χ2v) is 9.41. The monoisotopic (exact) mass is 406 g/mol. The lowest BCUT2D eigenvalue weighted by molar-refractivity contribution is -0.120. The summed E-state index contributed by atoms with van der Waals surface area (Å²) in [6.07, 6.45) is 3.03. The number of rotatable bonds is 7. The molecule has 2 aromatic carbocycles. The first kappa shape index (κ1) is 21.3. The van der Waals surface area contributed by atoms with Crippen LogP contribution in [0, 0.1) is 13.8 Å². The molecule has 0 unspecified atom stereocenters. The van der Waals surface area contributed by atoms with Crippen LogP contribution in [-0.2, 0) is 14.8 Å². The lowest BCUT2D eigenvalue weighted by Gasteiger charge is -2.24. The number of sulfonamides is 1. The number of aryl methyl sites for hydroxylation is 2. The molecule has 0 saturated carbocycles. The molecule has 1 N–H and O–H groups in total. The van der Waals surface area contributed by atoms with Gasteiger partial charge in [-0.05, 0) is 56.4 Å². The zero-order valence-corrected chi connectivity index (χ0v) is 17.9. The Bertz CT molecular complexity index is 927.